The zero-order chi connectivity index (χ0) is 13.8. The van der Waals surface area contributed by atoms with Crippen LogP contribution in [-0.2, 0) is 0 Å². The highest BCUT2D eigenvalue weighted by Gasteiger charge is 2.07. The van der Waals surface area contributed by atoms with Crippen molar-refractivity contribution in [2.45, 2.75) is 26.7 Å². The molecule has 1 aromatic carbocycles. The van der Waals surface area contributed by atoms with Crippen molar-refractivity contribution in [2.75, 3.05) is 5.32 Å². The Morgan fingerprint density at radius 3 is 2.53 bits per heavy atom. The molecule has 0 aliphatic rings. The average Bonchev–Trinajstić information content (AvgIpc) is 2.40. The van der Waals surface area contributed by atoms with E-state index in [0.29, 0.717) is 11.7 Å². The lowest BCUT2D eigenvalue weighted by Crippen LogP contribution is -1.97. The summed E-state index contributed by atoms with van der Waals surface area (Å²) in [4.78, 5) is 0. The molecule has 0 spiro atoms. The maximum absolute atomic E-state index is 8.52. The highest BCUT2D eigenvalue weighted by molar-refractivity contribution is 5.65. The van der Waals surface area contributed by atoms with Gasteiger partial charge in [0.15, 0.2) is 12.0 Å². The Hall–Kier alpha value is -2.41. The maximum Gasteiger partial charge on any atom is 0.182 e. The van der Waals surface area contributed by atoms with Crippen LogP contribution in [0.1, 0.15) is 30.9 Å². The lowest BCUT2D eigenvalue weighted by molar-refractivity contribution is 0.866. The molecule has 0 bridgehead atoms. The SMILES string of the molecule is Cc1ccc(C(C)C)cc1-c1ccc(NC#N)nn1. The molecule has 0 radical (unpaired) electrons. The van der Waals surface area contributed by atoms with Crippen LogP contribution < -0.4 is 5.32 Å². The minimum absolute atomic E-state index is 0.462. The second-order valence-electron chi connectivity index (χ2n) is 4.77. The molecule has 19 heavy (non-hydrogen) atoms. The van der Waals surface area contributed by atoms with Crippen molar-refractivity contribution < 1.29 is 0 Å². The summed E-state index contributed by atoms with van der Waals surface area (Å²) < 4.78 is 0. The molecule has 0 saturated heterocycles. The van der Waals surface area contributed by atoms with Gasteiger partial charge in [-0.15, -0.1) is 10.2 Å². The van der Waals surface area contributed by atoms with Gasteiger partial charge in [0, 0.05) is 5.56 Å². The molecular formula is C15H16N4. The van der Waals surface area contributed by atoms with Gasteiger partial charge in [-0.2, -0.15) is 5.26 Å². The minimum atomic E-state index is 0.462. The van der Waals surface area contributed by atoms with Crippen LogP contribution in [0.15, 0.2) is 30.3 Å². The van der Waals surface area contributed by atoms with Crippen LogP contribution >= 0.6 is 0 Å². The molecule has 0 saturated carbocycles. The monoisotopic (exact) mass is 252 g/mol. The third-order valence-corrected chi connectivity index (χ3v) is 3.05. The molecule has 2 rings (SSSR count). The number of hydrogen-bond donors (Lipinski definition) is 1. The number of nitrogens with one attached hydrogen (secondary N) is 1. The first-order valence-electron chi connectivity index (χ1n) is 6.21. The highest BCUT2D eigenvalue weighted by atomic mass is 15.2. The van der Waals surface area contributed by atoms with Crippen LogP contribution in [0.2, 0.25) is 0 Å². The molecule has 0 aliphatic heterocycles. The lowest BCUT2D eigenvalue weighted by atomic mass is 9.96. The Kier molecular flexibility index (Phi) is 3.76. The van der Waals surface area contributed by atoms with Gasteiger partial charge in [-0.05, 0) is 42.2 Å². The second kappa shape index (κ2) is 5.49. The predicted molar refractivity (Wildman–Crippen MR) is 75.5 cm³/mol. The Bertz CT molecular complexity index is 609. The number of nitrogens with zero attached hydrogens (tertiary/aromatic N) is 3. The van der Waals surface area contributed by atoms with Crippen molar-refractivity contribution >= 4 is 5.82 Å². The van der Waals surface area contributed by atoms with Crippen molar-refractivity contribution in [1.29, 1.82) is 5.26 Å². The summed E-state index contributed by atoms with van der Waals surface area (Å²) in [5.74, 6) is 0.941. The number of rotatable bonds is 3. The summed E-state index contributed by atoms with van der Waals surface area (Å²) in [7, 11) is 0. The van der Waals surface area contributed by atoms with E-state index in [9.17, 15) is 0 Å². The molecule has 0 fully saturated rings. The molecule has 4 nitrogen and oxygen atoms in total. The number of benzene rings is 1. The number of anilines is 1. The van der Waals surface area contributed by atoms with Crippen molar-refractivity contribution in [1.82, 2.24) is 10.2 Å². The van der Waals surface area contributed by atoms with Gasteiger partial charge in [0.2, 0.25) is 0 Å². The first-order valence-corrected chi connectivity index (χ1v) is 6.21. The molecule has 2 aromatic rings. The molecular weight excluding hydrogens is 236 g/mol. The van der Waals surface area contributed by atoms with Gasteiger partial charge < -0.3 is 0 Å². The smallest absolute Gasteiger partial charge is 0.182 e. The van der Waals surface area contributed by atoms with Crippen LogP contribution in [0.3, 0.4) is 0 Å². The molecule has 1 aromatic heterocycles. The van der Waals surface area contributed by atoms with Crippen molar-refractivity contribution in [3.63, 3.8) is 0 Å². The van der Waals surface area contributed by atoms with E-state index < -0.39 is 0 Å². The van der Waals surface area contributed by atoms with E-state index in [0.717, 1.165) is 11.3 Å². The van der Waals surface area contributed by atoms with Gasteiger partial charge in [0.25, 0.3) is 0 Å². The second-order valence-corrected chi connectivity index (χ2v) is 4.77. The fraction of sp³-hybridized carbons (Fsp3) is 0.267. The normalized spacial score (nSPS) is 10.3. The van der Waals surface area contributed by atoms with E-state index >= 15 is 0 Å². The molecule has 0 unspecified atom stereocenters. The van der Waals surface area contributed by atoms with Gasteiger partial charge >= 0.3 is 0 Å². The zero-order valence-electron chi connectivity index (χ0n) is 11.3. The van der Waals surface area contributed by atoms with E-state index in [-0.39, 0.29) is 0 Å². The minimum Gasteiger partial charge on any atom is -0.275 e. The molecule has 1 heterocycles. The van der Waals surface area contributed by atoms with Crippen LogP contribution in [0, 0.1) is 18.4 Å². The summed E-state index contributed by atoms with van der Waals surface area (Å²) in [5.41, 5.74) is 4.35. The largest absolute Gasteiger partial charge is 0.275 e. The summed E-state index contributed by atoms with van der Waals surface area (Å²) >= 11 is 0. The fourth-order valence-corrected chi connectivity index (χ4v) is 1.87. The first kappa shape index (κ1) is 13.0. The maximum atomic E-state index is 8.52. The van der Waals surface area contributed by atoms with E-state index in [4.69, 9.17) is 5.26 Å². The van der Waals surface area contributed by atoms with Crippen molar-refractivity contribution in [3.8, 4) is 17.5 Å². The van der Waals surface area contributed by atoms with Crippen LogP contribution in [0.4, 0.5) is 5.82 Å². The molecule has 4 heteroatoms. The number of nitriles is 1. The fourth-order valence-electron chi connectivity index (χ4n) is 1.87. The van der Waals surface area contributed by atoms with Gasteiger partial charge in [0.05, 0.1) is 5.69 Å². The standard InChI is InChI=1S/C15H16N4/c1-10(2)12-5-4-11(3)13(8-12)14-6-7-15(17-9-16)19-18-14/h4-8,10H,1-3H3,(H,17,19). The van der Waals surface area contributed by atoms with E-state index in [1.807, 2.05) is 12.3 Å². The quantitative estimate of drug-likeness (QED) is 0.671. The predicted octanol–water partition coefficient (Wildman–Crippen LogP) is 3.47. The molecule has 1 N–H and O–H groups in total. The molecule has 0 atom stereocenters. The van der Waals surface area contributed by atoms with Crippen molar-refractivity contribution in [2.24, 2.45) is 0 Å². The lowest BCUT2D eigenvalue weighted by Gasteiger charge is -2.10. The topological polar surface area (TPSA) is 61.6 Å². The first-order chi connectivity index (χ1) is 9.11. The summed E-state index contributed by atoms with van der Waals surface area (Å²) in [6.07, 6.45) is 1.83. The molecule has 96 valence electrons. The number of aromatic nitrogens is 2. The summed E-state index contributed by atoms with van der Waals surface area (Å²) in [6.45, 7) is 6.39. The Labute approximate surface area is 113 Å². The van der Waals surface area contributed by atoms with E-state index in [1.165, 1.54) is 11.1 Å². The summed E-state index contributed by atoms with van der Waals surface area (Å²) in [6, 6.07) is 10.0. The van der Waals surface area contributed by atoms with Gasteiger partial charge in [0.1, 0.15) is 0 Å². The number of hydrogen-bond acceptors (Lipinski definition) is 4. The average molecular weight is 252 g/mol. The Morgan fingerprint density at radius 1 is 1.16 bits per heavy atom. The third kappa shape index (κ3) is 2.89. The van der Waals surface area contributed by atoms with Gasteiger partial charge in [-0.25, -0.2) is 0 Å². The zero-order valence-corrected chi connectivity index (χ0v) is 11.3. The van der Waals surface area contributed by atoms with Gasteiger partial charge in [-0.1, -0.05) is 26.0 Å². The van der Waals surface area contributed by atoms with Crippen molar-refractivity contribution in [3.05, 3.63) is 41.5 Å². The Balaban J connectivity index is 2.40. The molecule has 0 aliphatic carbocycles. The van der Waals surface area contributed by atoms with E-state index in [2.05, 4.69) is 54.5 Å². The number of aryl methyl sites for hydroxylation is 1. The van der Waals surface area contributed by atoms with Crippen LogP contribution in [0.25, 0.3) is 11.3 Å². The summed E-state index contributed by atoms with van der Waals surface area (Å²) in [5, 5.41) is 19.1. The van der Waals surface area contributed by atoms with Crippen LogP contribution in [0.5, 0.6) is 0 Å². The third-order valence-electron chi connectivity index (χ3n) is 3.05. The Morgan fingerprint density at radius 2 is 1.95 bits per heavy atom. The van der Waals surface area contributed by atoms with E-state index in [1.54, 1.807) is 6.07 Å². The molecule has 0 amide bonds. The highest BCUT2D eigenvalue weighted by Crippen LogP contribution is 2.26. The van der Waals surface area contributed by atoms with Crippen LogP contribution in [-0.4, -0.2) is 10.2 Å². The van der Waals surface area contributed by atoms with Gasteiger partial charge in [-0.3, -0.25) is 5.32 Å².